The third-order valence-electron chi connectivity index (χ3n) is 2.13. The molecule has 2 rings (SSSR count). The monoisotopic (exact) mass is 166 g/mol. The molecule has 1 unspecified atom stereocenters. The second-order valence-electron chi connectivity index (χ2n) is 3.18. The van der Waals surface area contributed by atoms with E-state index in [2.05, 4.69) is 13.0 Å². The van der Waals surface area contributed by atoms with Gasteiger partial charge in [0.05, 0.1) is 4.88 Å². The molecule has 58 valence electrons. The normalized spacial score (nSPS) is 22.4. The standard InChI is InChI=1S/C9H10OS/c1-5-3-7-4-6(2)11-9(7)8(5)10/h4-5H,3H2,1-2H3. The molecule has 1 nitrogen and oxygen atoms in total. The minimum absolute atomic E-state index is 0.233. The second kappa shape index (κ2) is 2.18. The minimum Gasteiger partial charge on any atom is -0.293 e. The van der Waals surface area contributed by atoms with Crippen LogP contribution < -0.4 is 0 Å². The van der Waals surface area contributed by atoms with Gasteiger partial charge < -0.3 is 0 Å². The van der Waals surface area contributed by atoms with Gasteiger partial charge in [-0.3, -0.25) is 4.79 Å². The number of hydrogen-bond acceptors (Lipinski definition) is 2. The molecule has 0 saturated heterocycles. The minimum atomic E-state index is 0.233. The summed E-state index contributed by atoms with van der Waals surface area (Å²) in [7, 11) is 0. The molecule has 1 aliphatic rings. The zero-order valence-electron chi connectivity index (χ0n) is 6.68. The molecule has 0 spiro atoms. The second-order valence-corrected chi connectivity index (χ2v) is 4.44. The van der Waals surface area contributed by atoms with Crippen LogP contribution in [-0.2, 0) is 6.42 Å². The van der Waals surface area contributed by atoms with E-state index in [1.54, 1.807) is 11.3 Å². The Morgan fingerprint density at radius 3 is 3.00 bits per heavy atom. The van der Waals surface area contributed by atoms with E-state index < -0.39 is 0 Å². The van der Waals surface area contributed by atoms with E-state index in [-0.39, 0.29) is 5.92 Å². The maximum absolute atomic E-state index is 11.4. The summed E-state index contributed by atoms with van der Waals surface area (Å²) >= 11 is 1.64. The van der Waals surface area contributed by atoms with Gasteiger partial charge in [0, 0.05) is 10.8 Å². The fourth-order valence-electron chi connectivity index (χ4n) is 1.57. The number of carbonyl (C=O) groups excluding carboxylic acids is 1. The molecule has 0 bridgehead atoms. The van der Waals surface area contributed by atoms with E-state index in [4.69, 9.17) is 0 Å². The summed E-state index contributed by atoms with van der Waals surface area (Å²) in [6, 6.07) is 2.14. The Labute approximate surface area is 70.1 Å². The fourth-order valence-corrected chi connectivity index (χ4v) is 2.67. The highest BCUT2D eigenvalue weighted by Gasteiger charge is 2.28. The number of thiophene rings is 1. The average Bonchev–Trinajstić information content (AvgIpc) is 2.37. The number of carbonyl (C=O) groups is 1. The molecule has 1 aromatic rings. The zero-order chi connectivity index (χ0) is 8.01. The molecule has 0 N–H and O–H groups in total. The van der Waals surface area contributed by atoms with Gasteiger partial charge >= 0.3 is 0 Å². The van der Waals surface area contributed by atoms with Gasteiger partial charge in [0.25, 0.3) is 0 Å². The summed E-state index contributed by atoms with van der Waals surface area (Å²) in [6.07, 6.45) is 0.957. The Balaban J connectivity index is 2.52. The molecule has 11 heavy (non-hydrogen) atoms. The van der Waals surface area contributed by atoms with E-state index in [0.717, 1.165) is 11.3 Å². The molecular formula is C9H10OS. The van der Waals surface area contributed by atoms with E-state index in [1.165, 1.54) is 10.4 Å². The molecule has 1 aromatic heterocycles. The topological polar surface area (TPSA) is 17.1 Å². The Morgan fingerprint density at radius 2 is 2.36 bits per heavy atom. The Morgan fingerprint density at radius 1 is 1.64 bits per heavy atom. The van der Waals surface area contributed by atoms with E-state index in [9.17, 15) is 4.79 Å². The number of rotatable bonds is 0. The number of aryl methyl sites for hydroxylation is 1. The number of hydrogen-bond donors (Lipinski definition) is 0. The predicted molar refractivity (Wildman–Crippen MR) is 46.3 cm³/mol. The van der Waals surface area contributed by atoms with Crippen LogP contribution in [0.25, 0.3) is 0 Å². The fraction of sp³-hybridized carbons (Fsp3) is 0.444. The van der Waals surface area contributed by atoms with Crippen LogP contribution in [0.4, 0.5) is 0 Å². The summed E-state index contributed by atoms with van der Waals surface area (Å²) in [5.41, 5.74) is 1.27. The smallest absolute Gasteiger partial charge is 0.176 e. The van der Waals surface area contributed by atoms with E-state index in [1.807, 2.05) is 6.92 Å². The third kappa shape index (κ3) is 0.932. The van der Waals surface area contributed by atoms with Crippen LogP contribution in [0.15, 0.2) is 6.07 Å². The van der Waals surface area contributed by atoms with Gasteiger partial charge in [0.2, 0.25) is 0 Å². The van der Waals surface area contributed by atoms with Crippen molar-refractivity contribution < 1.29 is 4.79 Å². The van der Waals surface area contributed by atoms with Crippen molar-refractivity contribution in [1.82, 2.24) is 0 Å². The molecule has 0 saturated carbocycles. The lowest BCUT2D eigenvalue weighted by Crippen LogP contribution is -2.02. The van der Waals surface area contributed by atoms with Crippen molar-refractivity contribution >= 4 is 17.1 Å². The van der Waals surface area contributed by atoms with Crippen molar-refractivity contribution in [3.8, 4) is 0 Å². The van der Waals surface area contributed by atoms with Crippen LogP contribution in [0.5, 0.6) is 0 Å². The highest BCUT2D eigenvalue weighted by atomic mass is 32.1. The van der Waals surface area contributed by atoms with Crippen LogP contribution in [0, 0.1) is 12.8 Å². The van der Waals surface area contributed by atoms with Crippen molar-refractivity contribution in [2.75, 3.05) is 0 Å². The molecule has 2 heteroatoms. The third-order valence-corrected chi connectivity index (χ3v) is 3.24. The van der Waals surface area contributed by atoms with Crippen molar-refractivity contribution in [1.29, 1.82) is 0 Å². The maximum Gasteiger partial charge on any atom is 0.176 e. The molecule has 0 aromatic carbocycles. The van der Waals surface area contributed by atoms with Crippen LogP contribution in [-0.4, -0.2) is 5.78 Å². The molecule has 0 aliphatic heterocycles. The summed E-state index contributed by atoms with van der Waals surface area (Å²) in [5, 5.41) is 0. The highest BCUT2D eigenvalue weighted by Crippen LogP contribution is 2.32. The van der Waals surface area contributed by atoms with Gasteiger partial charge in [-0.2, -0.15) is 0 Å². The Bertz CT molecular complexity index is 311. The number of fused-ring (bicyclic) bond motifs is 1. The summed E-state index contributed by atoms with van der Waals surface area (Å²) in [6.45, 7) is 4.06. The highest BCUT2D eigenvalue weighted by molar-refractivity contribution is 7.14. The van der Waals surface area contributed by atoms with Gasteiger partial charge in [0.15, 0.2) is 5.78 Å². The van der Waals surface area contributed by atoms with Gasteiger partial charge in [-0.15, -0.1) is 11.3 Å². The summed E-state index contributed by atoms with van der Waals surface area (Å²) in [4.78, 5) is 13.7. The Kier molecular flexibility index (Phi) is 1.39. The first-order valence-electron chi connectivity index (χ1n) is 3.82. The van der Waals surface area contributed by atoms with Crippen molar-refractivity contribution in [3.63, 3.8) is 0 Å². The quantitative estimate of drug-likeness (QED) is 0.578. The Hall–Kier alpha value is -0.630. The SMILES string of the molecule is Cc1cc2c(s1)C(=O)C(C)C2. The van der Waals surface area contributed by atoms with Crippen molar-refractivity contribution in [3.05, 3.63) is 21.4 Å². The first kappa shape index (κ1) is 7.04. The van der Waals surface area contributed by atoms with E-state index in [0.29, 0.717) is 5.78 Å². The van der Waals surface area contributed by atoms with Crippen LogP contribution in [0.1, 0.15) is 27.0 Å². The molecule has 1 atom stereocenters. The average molecular weight is 166 g/mol. The molecule has 0 amide bonds. The van der Waals surface area contributed by atoms with Crippen molar-refractivity contribution in [2.24, 2.45) is 5.92 Å². The zero-order valence-corrected chi connectivity index (χ0v) is 7.49. The number of ketones is 1. The molecule has 0 radical (unpaired) electrons. The lowest BCUT2D eigenvalue weighted by atomic mass is 10.1. The maximum atomic E-state index is 11.4. The van der Waals surface area contributed by atoms with Gasteiger partial charge in [-0.05, 0) is 25.0 Å². The first-order chi connectivity index (χ1) is 5.18. The van der Waals surface area contributed by atoms with Crippen LogP contribution >= 0.6 is 11.3 Å². The number of Topliss-reactive ketones (excluding diaryl/α,β-unsaturated/α-hetero) is 1. The van der Waals surface area contributed by atoms with Crippen LogP contribution in [0.3, 0.4) is 0 Å². The van der Waals surface area contributed by atoms with Crippen LogP contribution in [0.2, 0.25) is 0 Å². The molecule has 1 aliphatic carbocycles. The lowest BCUT2D eigenvalue weighted by Gasteiger charge is -1.95. The molecule has 1 heterocycles. The van der Waals surface area contributed by atoms with E-state index >= 15 is 0 Å². The molecule has 0 fully saturated rings. The predicted octanol–water partition coefficient (Wildman–Crippen LogP) is 2.43. The van der Waals surface area contributed by atoms with Gasteiger partial charge in [-0.25, -0.2) is 0 Å². The molecular weight excluding hydrogens is 156 g/mol. The van der Waals surface area contributed by atoms with Crippen molar-refractivity contribution in [2.45, 2.75) is 20.3 Å². The summed E-state index contributed by atoms with van der Waals surface area (Å²) < 4.78 is 0. The first-order valence-corrected chi connectivity index (χ1v) is 4.63. The lowest BCUT2D eigenvalue weighted by molar-refractivity contribution is 0.0949. The van der Waals surface area contributed by atoms with Gasteiger partial charge in [-0.1, -0.05) is 6.92 Å². The largest absolute Gasteiger partial charge is 0.293 e. The summed E-state index contributed by atoms with van der Waals surface area (Å²) in [5.74, 6) is 0.579. The van der Waals surface area contributed by atoms with Gasteiger partial charge in [0.1, 0.15) is 0 Å².